The van der Waals surface area contributed by atoms with Crippen LogP contribution in [0.25, 0.3) is 0 Å². The summed E-state index contributed by atoms with van der Waals surface area (Å²) in [5.74, 6) is 6.44. The van der Waals surface area contributed by atoms with Gasteiger partial charge in [0.25, 0.3) is 0 Å². The van der Waals surface area contributed by atoms with Gasteiger partial charge in [-0.1, -0.05) is 0 Å². The minimum absolute atomic E-state index is 0.810. The number of anilines is 1. The van der Waals surface area contributed by atoms with Crippen LogP contribution >= 0.6 is 0 Å². The lowest BCUT2D eigenvalue weighted by atomic mass is 10.2. The summed E-state index contributed by atoms with van der Waals surface area (Å²) in [4.78, 5) is 2.39. The molecule has 0 aliphatic carbocycles. The molecule has 0 aromatic carbocycles. The summed E-state index contributed by atoms with van der Waals surface area (Å²) in [6.45, 7) is 6.61. The average Bonchev–Trinajstić information content (AvgIpc) is 2.50. The van der Waals surface area contributed by atoms with Gasteiger partial charge in [0.1, 0.15) is 5.82 Å². The summed E-state index contributed by atoms with van der Waals surface area (Å²) in [6.07, 6.45) is 1.09. The molecule has 0 unspecified atom stereocenters. The highest BCUT2D eigenvalue weighted by atomic mass is 16.5. The number of ether oxygens (including phenoxy) is 1. The Balaban J connectivity index is 2.11. The van der Waals surface area contributed by atoms with E-state index in [2.05, 4.69) is 15.4 Å². The van der Waals surface area contributed by atoms with Crippen LogP contribution in [-0.2, 0) is 18.3 Å². The second-order valence-corrected chi connectivity index (χ2v) is 4.42. The van der Waals surface area contributed by atoms with E-state index in [9.17, 15) is 0 Å². The molecule has 0 saturated carbocycles. The fraction of sp³-hybridized carbons (Fsp3) is 0.727. The van der Waals surface area contributed by atoms with Gasteiger partial charge in [0.2, 0.25) is 0 Å². The minimum Gasteiger partial charge on any atom is -0.380 e. The summed E-state index contributed by atoms with van der Waals surface area (Å²) in [5, 5.41) is 4.39. The number of nitrogen functional groups attached to an aromatic ring is 1. The van der Waals surface area contributed by atoms with Crippen molar-refractivity contribution in [2.45, 2.75) is 19.9 Å². The molecule has 1 aliphatic rings. The van der Waals surface area contributed by atoms with E-state index in [1.807, 2.05) is 14.0 Å². The number of hydrogen-bond acceptors (Lipinski definition) is 5. The lowest BCUT2D eigenvalue weighted by Gasteiger charge is -2.19. The molecule has 3 N–H and O–H groups in total. The Morgan fingerprint density at radius 3 is 3.00 bits per heavy atom. The first-order valence-electron chi connectivity index (χ1n) is 6.01. The van der Waals surface area contributed by atoms with Gasteiger partial charge in [0.15, 0.2) is 0 Å². The Morgan fingerprint density at radius 1 is 1.41 bits per heavy atom. The second-order valence-electron chi connectivity index (χ2n) is 4.42. The Kier molecular flexibility index (Phi) is 3.98. The Hall–Kier alpha value is -1.11. The molecule has 1 saturated heterocycles. The summed E-state index contributed by atoms with van der Waals surface area (Å²) in [7, 11) is 1.90. The molecule has 1 aromatic heterocycles. The van der Waals surface area contributed by atoms with Crippen molar-refractivity contribution in [2.75, 3.05) is 31.7 Å². The molecule has 6 heteroatoms. The van der Waals surface area contributed by atoms with Crippen LogP contribution in [0.5, 0.6) is 0 Å². The third kappa shape index (κ3) is 2.77. The van der Waals surface area contributed by atoms with E-state index < -0.39 is 0 Å². The third-order valence-electron chi connectivity index (χ3n) is 3.18. The quantitative estimate of drug-likeness (QED) is 0.584. The number of hydrogen-bond donors (Lipinski definition) is 2. The fourth-order valence-electron chi connectivity index (χ4n) is 2.25. The molecule has 0 atom stereocenters. The number of aromatic nitrogens is 2. The first-order valence-corrected chi connectivity index (χ1v) is 6.01. The van der Waals surface area contributed by atoms with Gasteiger partial charge < -0.3 is 10.2 Å². The van der Waals surface area contributed by atoms with Crippen LogP contribution < -0.4 is 11.3 Å². The molecular weight excluding hydrogens is 218 g/mol. The van der Waals surface area contributed by atoms with Gasteiger partial charge in [0, 0.05) is 38.9 Å². The van der Waals surface area contributed by atoms with Gasteiger partial charge in [-0.05, 0) is 13.3 Å². The number of aryl methyl sites for hydroxylation is 2. The molecule has 17 heavy (non-hydrogen) atoms. The van der Waals surface area contributed by atoms with E-state index in [0.29, 0.717) is 0 Å². The summed E-state index contributed by atoms with van der Waals surface area (Å²) in [5.41, 5.74) is 4.94. The molecule has 96 valence electrons. The highest BCUT2D eigenvalue weighted by molar-refractivity contribution is 5.46. The molecule has 0 amide bonds. The molecular formula is C11H21N5O. The van der Waals surface area contributed by atoms with Crippen molar-refractivity contribution in [3.8, 4) is 0 Å². The standard InChI is InChI=1S/C11H21N5O/c1-9-10(11(13-12)15(2)14-9)8-16-4-3-6-17-7-5-16/h13H,3-8,12H2,1-2H3. The van der Waals surface area contributed by atoms with Crippen LogP contribution in [0, 0.1) is 6.92 Å². The van der Waals surface area contributed by atoms with Crippen LogP contribution in [0.2, 0.25) is 0 Å². The van der Waals surface area contributed by atoms with Crippen molar-refractivity contribution >= 4 is 5.82 Å². The van der Waals surface area contributed by atoms with Crippen molar-refractivity contribution < 1.29 is 4.74 Å². The van der Waals surface area contributed by atoms with Crippen molar-refractivity contribution in [1.82, 2.24) is 14.7 Å². The largest absolute Gasteiger partial charge is 0.380 e. The van der Waals surface area contributed by atoms with E-state index in [0.717, 1.165) is 50.8 Å². The van der Waals surface area contributed by atoms with E-state index >= 15 is 0 Å². The monoisotopic (exact) mass is 239 g/mol. The molecule has 1 aromatic rings. The number of rotatable bonds is 3. The first-order chi connectivity index (χ1) is 8.22. The molecule has 0 radical (unpaired) electrons. The average molecular weight is 239 g/mol. The van der Waals surface area contributed by atoms with Crippen molar-refractivity contribution in [3.05, 3.63) is 11.3 Å². The Morgan fingerprint density at radius 2 is 2.24 bits per heavy atom. The van der Waals surface area contributed by atoms with Crippen LogP contribution in [0.1, 0.15) is 17.7 Å². The summed E-state index contributed by atoms with van der Waals surface area (Å²) in [6, 6.07) is 0. The van der Waals surface area contributed by atoms with Crippen LogP contribution in [0.15, 0.2) is 0 Å². The molecule has 0 bridgehead atoms. The fourth-order valence-corrected chi connectivity index (χ4v) is 2.25. The maximum atomic E-state index is 5.55. The maximum Gasteiger partial charge on any atom is 0.142 e. The maximum absolute atomic E-state index is 5.55. The summed E-state index contributed by atoms with van der Waals surface area (Å²) >= 11 is 0. The van der Waals surface area contributed by atoms with Crippen molar-refractivity contribution in [2.24, 2.45) is 12.9 Å². The van der Waals surface area contributed by atoms with E-state index in [4.69, 9.17) is 10.6 Å². The predicted molar refractivity (Wildman–Crippen MR) is 66.5 cm³/mol. The van der Waals surface area contributed by atoms with Gasteiger partial charge in [-0.2, -0.15) is 5.10 Å². The Labute approximate surface area is 102 Å². The van der Waals surface area contributed by atoms with Crippen LogP contribution in [0.4, 0.5) is 5.82 Å². The molecule has 0 spiro atoms. The zero-order valence-electron chi connectivity index (χ0n) is 10.6. The molecule has 2 rings (SSSR count). The van der Waals surface area contributed by atoms with Gasteiger partial charge in [0.05, 0.1) is 12.3 Å². The molecule has 6 nitrogen and oxygen atoms in total. The molecule has 1 fully saturated rings. The van der Waals surface area contributed by atoms with Gasteiger partial charge >= 0.3 is 0 Å². The Bertz CT molecular complexity index is 368. The number of nitrogens with one attached hydrogen (secondary N) is 1. The van der Waals surface area contributed by atoms with Gasteiger partial charge in [-0.15, -0.1) is 0 Å². The number of hydrazine groups is 1. The van der Waals surface area contributed by atoms with Crippen LogP contribution in [-0.4, -0.2) is 41.0 Å². The predicted octanol–water partition coefficient (Wildman–Crippen LogP) is 0.236. The lowest BCUT2D eigenvalue weighted by molar-refractivity contribution is 0.140. The van der Waals surface area contributed by atoms with Gasteiger partial charge in [-0.3, -0.25) is 9.58 Å². The van der Waals surface area contributed by atoms with Crippen molar-refractivity contribution in [1.29, 1.82) is 0 Å². The summed E-state index contributed by atoms with van der Waals surface area (Å²) < 4.78 is 7.24. The topological polar surface area (TPSA) is 68.3 Å². The normalized spacial score (nSPS) is 18.1. The third-order valence-corrected chi connectivity index (χ3v) is 3.18. The second kappa shape index (κ2) is 5.48. The lowest BCUT2D eigenvalue weighted by Crippen LogP contribution is -2.27. The van der Waals surface area contributed by atoms with Crippen LogP contribution in [0.3, 0.4) is 0 Å². The van der Waals surface area contributed by atoms with Crippen molar-refractivity contribution in [3.63, 3.8) is 0 Å². The van der Waals surface area contributed by atoms with E-state index in [-0.39, 0.29) is 0 Å². The molecule has 2 heterocycles. The highest BCUT2D eigenvalue weighted by Crippen LogP contribution is 2.20. The van der Waals surface area contributed by atoms with Gasteiger partial charge in [-0.25, -0.2) is 5.84 Å². The number of nitrogens with zero attached hydrogens (tertiary/aromatic N) is 3. The van der Waals surface area contributed by atoms with E-state index in [1.165, 1.54) is 5.56 Å². The highest BCUT2D eigenvalue weighted by Gasteiger charge is 2.17. The smallest absolute Gasteiger partial charge is 0.142 e. The first kappa shape index (κ1) is 12.3. The number of nitrogens with two attached hydrogens (primary N) is 1. The zero-order valence-corrected chi connectivity index (χ0v) is 10.6. The minimum atomic E-state index is 0.810. The molecule has 1 aliphatic heterocycles. The van der Waals surface area contributed by atoms with E-state index in [1.54, 1.807) is 4.68 Å². The SMILES string of the molecule is Cc1nn(C)c(NN)c1CN1CCCOCC1. The zero-order chi connectivity index (χ0) is 12.3.